The molecule has 6 nitrogen and oxygen atoms in total. The minimum atomic E-state index is -0.362. The molecule has 3 N–H and O–H groups in total. The summed E-state index contributed by atoms with van der Waals surface area (Å²) < 4.78 is 5.37. The molecule has 0 radical (unpaired) electrons. The van der Waals surface area contributed by atoms with Gasteiger partial charge < -0.3 is 20.7 Å². The quantitative estimate of drug-likeness (QED) is 0.756. The lowest BCUT2D eigenvalue weighted by Gasteiger charge is -2.22. The second-order valence-electron chi connectivity index (χ2n) is 7.15. The number of methoxy groups -OCH3 is 1. The zero-order chi connectivity index (χ0) is 18.6. The van der Waals surface area contributed by atoms with Crippen LogP contribution in [0.2, 0.25) is 0 Å². The number of rotatable bonds is 7. The first kappa shape index (κ1) is 22.3. The number of nitrogens with zero attached hydrogens (tertiary/aromatic N) is 1. The number of anilines is 1. The molecule has 146 valence electrons. The van der Waals surface area contributed by atoms with E-state index >= 15 is 0 Å². The van der Waals surface area contributed by atoms with E-state index in [9.17, 15) is 9.59 Å². The highest BCUT2D eigenvalue weighted by Crippen LogP contribution is 2.34. The lowest BCUT2D eigenvalue weighted by atomic mass is 10.0. The smallest absolute Gasteiger partial charge is 0.227 e. The Labute approximate surface area is 161 Å². The van der Waals surface area contributed by atoms with E-state index in [-0.39, 0.29) is 42.6 Å². The summed E-state index contributed by atoms with van der Waals surface area (Å²) in [7, 11) is 1.58. The average Bonchev–Trinajstić information content (AvgIpc) is 2.95. The Balaban J connectivity index is 0.00000338. The largest absolute Gasteiger partial charge is 0.495 e. The van der Waals surface area contributed by atoms with Gasteiger partial charge in [-0.25, -0.2) is 0 Å². The topological polar surface area (TPSA) is 84.7 Å². The third-order valence-electron chi connectivity index (χ3n) is 4.51. The molecule has 0 saturated carbocycles. The minimum Gasteiger partial charge on any atom is -0.495 e. The molecule has 7 heteroatoms. The van der Waals surface area contributed by atoms with Crippen molar-refractivity contribution in [1.82, 2.24) is 5.32 Å². The summed E-state index contributed by atoms with van der Waals surface area (Å²) in [5.41, 5.74) is 7.52. The van der Waals surface area contributed by atoms with Crippen LogP contribution in [0.25, 0.3) is 0 Å². The number of aryl methyl sites for hydroxylation is 1. The fraction of sp³-hybridized carbons (Fsp3) is 0.579. The SMILES string of the molecule is COc1ccc(C)cc1N1CC(C(=O)NC(CN)CC(C)C)CC1=O.Cl. The Morgan fingerprint density at radius 2 is 2.12 bits per heavy atom. The van der Waals surface area contributed by atoms with Crippen molar-refractivity contribution in [3.8, 4) is 5.75 Å². The number of carbonyl (C=O) groups excluding carboxylic acids is 2. The van der Waals surface area contributed by atoms with E-state index in [1.807, 2.05) is 25.1 Å². The molecular weight excluding hydrogens is 354 g/mol. The molecule has 0 aliphatic carbocycles. The Morgan fingerprint density at radius 3 is 2.69 bits per heavy atom. The normalized spacial score (nSPS) is 17.8. The monoisotopic (exact) mass is 383 g/mol. The summed E-state index contributed by atoms with van der Waals surface area (Å²) in [6, 6.07) is 5.65. The number of halogens is 1. The van der Waals surface area contributed by atoms with Crippen LogP contribution < -0.4 is 20.7 Å². The van der Waals surface area contributed by atoms with Crippen molar-refractivity contribution in [2.24, 2.45) is 17.6 Å². The van der Waals surface area contributed by atoms with E-state index in [2.05, 4.69) is 19.2 Å². The molecule has 0 spiro atoms. The highest BCUT2D eigenvalue weighted by molar-refractivity contribution is 6.01. The number of amides is 2. The highest BCUT2D eigenvalue weighted by Gasteiger charge is 2.36. The number of nitrogens with one attached hydrogen (secondary N) is 1. The molecule has 26 heavy (non-hydrogen) atoms. The molecule has 0 aromatic heterocycles. The molecule has 2 amide bonds. The Bertz CT molecular complexity index is 636. The van der Waals surface area contributed by atoms with Crippen molar-refractivity contribution in [1.29, 1.82) is 0 Å². The Kier molecular flexibility index (Phi) is 8.37. The maximum atomic E-state index is 12.6. The second-order valence-corrected chi connectivity index (χ2v) is 7.15. The van der Waals surface area contributed by atoms with E-state index < -0.39 is 0 Å². The van der Waals surface area contributed by atoms with Crippen LogP contribution in [0.3, 0.4) is 0 Å². The van der Waals surface area contributed by atoms with Crippen molar-refractivity contribution in [2.45, 2.75) is 39.7 Å². The van der Waals surface area contributed by atoms with E-state index in [0.29, 0.717) is 24.8 Å². The number of nitrogens with two attached hydrogens (primary N) is 1. The lowest BCUT2D eigenvalue weighted by molar-refractivity contribution is -0.127. The van der Waals surface area contributed by atoms with Crippen molar-refractivity contribution < 1.29 is 14.3 Å². The van der Waals surface area contributed by atoms with Crippen LogP contribution >= 0.6 is 12.4 Å². The van der Waals surface area contributed by atoms with Crippen LogP contribution in [0.1, 0.15) is 32.3 Å². The van der Waals surface area contributed by atoms with Crippen molar-refractivity contribution >= 4 is 29.9 Å². The summed E-state index contributed by atoms with van der Waals surface area (Å²) >= 11 is 0. The van der Waals surface area contributed by atoms with Gasteiger partial charge in [0.1, 0.15) is 5.75 Å². The number of hydrogen-bond donors (Lipinski definition) is 2. The molecule has 0 bridgehead atoms. The number of carbonyl (C=O) groups is 2. The van der Waals surface area contributed by atoms with Crippen molar-refractivity contribution in [3.63, 3.8) is 0 Å². The van der Waals surface area contributed by atoms with Gasteiger partial charge >= 0.3 is 0 Å². The summed E-state index contributed by atoms with van der Waals surface area (Å²) in [6.45, 7) is 6.92. The maximum Gasteiger partial charge on any atom is 0.227 e. The first-order valence-corrected chi connectivity index (χ1v) is 8.81. The molecule has 1 heterocycles. The first-order valence-electron chi connectivity index (χ1n) is 8.81. The zero-order valence-corrected chi connectivity index (χ0v) is 16.8. The molecular formula is C19H30ClN3O3. The summed E-state index contributed by atoms with van der Waals surface area (Å²) in [4.78, 5) is 26.7. The van der Waals surface area contributed by atoms with Gasteiger partial charge in [-0.15, -0.1) is 12.4 Å². The number of benzene rings is 1. The average molecular weight is 384 g/mol. The summed E-state index contributed by atoms with van der Waals surface area (Å²) in [5, 5.41) is 3.00. The van der Waals surface area contributed by atoms with Crippen LogP contribution in [0.5, 0.6) is 5.75 Å². The fourth-order valence-electron chi connectivity index (χ4n) is 3.23. The van der Waals surface area contributed by atoms with Gasteiger partial charge in [-0.1, -0.05) is 19.9 Å². The molecule has 1 aromatic carbocycles. The molecule has 1 aromatic rings. The molecule has 1 aliphatic heterocycles. The van der Waals surface area contributed by atoms with Crippen LogP contribution in [-0.2, 0) is 9.59 Å². The third kappa shape index (κ3) is 5.35. The fourth-order valence-corrected chi connectivity index (χ4v) is 3.23. The summed E-state index contributed by atoms with van der Waals surface area (Å²) in [6.07, 6.45) is 1.04. The number of ether oxygens (including phenoxy) is 1. The molecule has 2 rings (SSSR count). The second kappa shape index (κ2) is 9.78. The molecule has 2 unspecified atom stereocenters. The van der Waals surface area contributed by atoms with Gasteiger partial charge in [-0.2, -0.15) is 0 Å². The van der Waals surface area contributed by atoms with Gasteiger partial charge in [-0.05, 0) is 37.0 Å². The van der Waals surface area contributed by atoms with Crippen LogP contribution in [-0.4, -0.2) is 38.1 Å². The first-order chi connectivity index (χ1) is 11.8. The highest BCUT2D eigenvalue weighted by atomic mass is 35.5. The van der Waals surface area contributed by atoms with E-state index in [0.717, 1.165) is 17.7 Å². The zero-order valence-electron chi connectivity index (χ0n) is 16.0. The van der Waals surface area contributed by atoms with Crippen molar-refractivity contribution in [3.05, 3.63) is 23.8 Å². The predicted octanol–water partition coefficient (Wildman–Crippen LogP) is 2.27. The van der Waals surface area contributed by atoms with Gasteiger partial charge in [0.05, 0.1) is 18.7 Å². The number of hydrogen-bond acceptors (Lipinski definition) is 4. The van der Waals surface area contributed by atoms with Gasteiger partial charge in [0.2, 0.25) is 11.8 Å². The van der Waals surface area contributed by atoms with Gasteiger partial charge in [0.15, 0.2) is 0 Å². The molecule has 1 fully saturated rings. The van der Waals surface area contributed by atoms with Crippen molar-refractivity contribution in [2.75, 3.05) is 25.1 Å². The van der Waals surface area contributed by atoms with E-state index in [1.165, 1.54) is 0 Å². The Hall–Kier alpha value is -1.79. The lowest BCUT2D eigenvalue weighted by Crippen LogP contribution is -2.44. The van der Waals surface area contributed by atoms with Gasteiger partial charge in [0, 0.05) is 25.6 Å². The van der Waals surface area contributed by atoms with Crippen LogP contribution in [0.4, 0.5) is 5.69 Å². The van der Waals surface area contributed by atoms with E-state index in [1.54, 1.807) is 12.0 Å². The third-order valence-corrected chi connectivity index (χ3v) is 4.51. The molecule has 1 aliphatic rings. The van der Waals surface area contributed by atoms with E-state index in [4.69, 9.17) is 10.5 Å². The van der Waals surface area contributed by atoms with Gasteiger partial charge in [0.25, 0.3) is 0 Å². The minimum absolute atomic E-state index is 0. The standard InChI is InChI=1S/C19H29N3O3.ClH/c1-12(2)7-15(10-20)21-19(24)14-9-18(23)22(11-14)16-8-13(3)5-6-17(16)25-4;/h5-6,8,12,14-15H,7,9-11,20H2,1-4H3,(H,21,24);1H. The van der Waals surface area contributed by atoms with Gasteiger partial charge in [-0.3, -0.25) is 9.59 Å². The Morgan fingerprint density at radius 1 is 1.42 bits per heavy atom. The van der Waals surface area contributed by atoms with Crippen LogP contribution in [0.15, 0.2) is 18.2 Å². The van der Waals surface area contributed by atoms with Crippen LogP contribution in [0, 0.1) is 18.8 Å². The summed E-state index contributed by atoms with van der Waals surface area (Å²) in [5.74, 6) is 0.571. The maximum absolute atomic E-state index is 12.6. The molecule has 1 saturated heterocycles. The molecule has 2 atom stereocenters. The predicted molar refractivity (Wildman–Crippen MR) is 106 cm³/mol.